The van der Waals surface area contributed by atoms with Gasteiger partial charge in [0.05, 0.1) is 0 Å². The Morgan fingerprint density at radius 2 is 1.63 bits per heavy atom. The lowest BCUT2D eigenvalue weighted by Crippen LogP contribution is -2.16. The Hall–Kier alpha value is -3.27. The van der Waals surface area contributed by atoms with Crippen molar-refractivity contribution in [2.24, 2.45) is 16.8 Å². The summed E-state index contributed by atoms with van der Waals surface area (Å²) in [4.78, 5) is 0. The van der Waals surface area contributed by atoms with Gasteiger partial charge in [-0.2, -0.15) is 0 Å². The molecule has 0 bridgehead atoms. The average Bonchev–Trinajstić information content (AvgIpc) is 2.67. The highest BCUT2D eigenvalue weighted by Crippen LogP contribution is 2.37. The van der Waals surface area contributed by atoms with Crippen molar-refractivity contribution in [3.63, 3.8) is 0 Å². The third kappa shape index (κ3) is 4.11. The van der Waals surface area contributed by atoms with E-state index in [9.17, 15) is 10.3 Å². The molecule has 3 aromatic rings. The molecule has 3 aromatic carbocycles. The molecular weight excluding hydrogens is 336 g/mol. The molecule has 138 valence electrons. The third-order valence-corrected chi connectivity index (χ3v) is 4.47. The maximum Gasteiger partial charge on any atom is 0.170 e. The van der Waals surface area contributed by atoms with Crippen LogP contribution in [0.15, 0.2) is 71.9 Å². The van der Waals surface area contributed by atoms with Gasteiger partial charge in [-0.3, -0.25) is 0 Å². The van der Waals surface area contributed by atoms with Gasteiger partial charge in [0, 0.05) is 11.1 Å². The fourth-order valence-electron chi connectivity index (χ4n) is 3.33. The van der Waals surface area contributed by atoms with Gasteiger partial charge in [-0.05, 0) is 52.8 Å². The number of amidine groups is 1. The summed E-state index contributed by atoms with van der Waals surface area (Å²) in [5.41, 5.74) is 11.7. The van der Waals surface area contributed by atoms with Crippen LogP contribution in [0.3, 0.4) is 0 Å². The Morgan fingerprint density at radius 1 is 0.963 bits per heavy atom. The van der Waals surface area contributed by atoms with Gasteiger partial charge in [0.2, 0.25) is 0 Å². The summed E-state index contributed by atoms with van der Waals surface area (Å²) in [6.07, 6.45) is 0.881. The van der Waals surface area contributed by atoms with E-state index in [4.69, 9.17) is 5.73 Å². The number of aromatic hydroxyl groups is 1. The molecule has 4 heteroatoms. The van der Waals surface area contributed by atoms with Gasteiger partial charge in [-0.1, -0.05) is 67.5 Å². The van der Waals surface area contributed by atoms with E-state index in [0.717, 1.165) is 34.2 Å². The number of hydrogen-bond donors (Lipinski definition) is 3. The van der Waals surface area contributed by atoms with E-state index in [-0.39, 0.29) is 11.6 Å². The summed E-state index contributed by atoms with van der Waals surface area (Å²) in [6, 6.07) is 21.2. The first-order chi connectivity index (χ1) is 13.0. The van der Waals surface area contributed by atoms with E-state index < -0.39 is 0 Å². The van der Waals surface area contributed by atoms with Crippen LogP contribution in [0.1, 0.15) is 25.0 Å². The number of hydrogen-bond acceptors (Lipinski definition) is 3. The molecule has 0 atom stereocenters. The normalized spacial score (nSPS) is 11.7. The largest absolute Gasteiger partial charge is 0.508 e. The molecule has 0 aromatic heterocycles. The number of oxime groups is 1. The molecule has 3 rings (SSSR count). The van der Waals surface area contributed by atoms with Crippen LogP contribution < -0.4 is 5.73 Å². The highest BCUT2D eigenvalue weighted by atomic mass is 16.4. The minimum atomic E-state index is 0.0829. The minimum absolute atomic E-state index is 0.0829. The van der Waals surface area contributed by atoms with Crippen molar-refractivity contribution in [3.05, 3.63) is 77.9 Å². The monoisotopic (exact) mass is 360 g/mol. The van der Waals surface area contributed by atoms with E-state index in [2.05, 4.69) is 25.1 Å². The van der Waals surface area contributed by atoms with E-state index in [1.54, 1.807) is 12.1 Å². The number of rotatable bonds is 5. The summed E-state index contributed by atoms with van der Waals surface area (Å²) >= 11 is 0. The minimum Gasteiger partial charge on any atom is -0.508 e. The second kappa shape index (κ2) is 7.96. The number of nitrogens with two attached hydrogens (primary N) is 1. The molecule has 0 aliphatic heterocycles. The molecule has 27 heavy (non-hydrogen) atoms. The molecule has 0 amide bonds. The zero-order chi connectivity index (χ0) is 19.4. The molecule has 4 N–H and O–H groups in total. The molecule has 0 saturated carbocycles. The van der Waals surface area contributed by atoms with Crippen LogP contribution in [0, 0.1) is 5.92 Å². The van der Waals surface area contributed by atoms with Crippen molar-refractivity contribution in [2.45, 2.75) is 20.3 Å². The van der Waals surface area contributed by atoms with E-state index in [1.165, 1.54) is 0 Å². The van der Waals surface area contributed by atoms with Gasteiger partial charge < -0.3 is 16.0 Å². The molecule has 0 unspecified atom stereocenters. The van der Waals surface area contributed by atoms with Gasteiger partial charge in [-0.15, -0.1) is 0 Å². The zero-order valence-electron chi connectivity index (χ0n) is 15.6. The Labute approximate surface area is 159 Å². The van der Waals surface area contributed by atoms with Crippen LogP contribution in [-0.2, 0) is 6.42 Å². The van der Waals surface area contributed by atoms with Crippen LogP contribution in [0.25, 0.3) is 22.3 Å². The van der Waals surface area contributed by atoms with Crippen LogP contribution >= 0.6 is 0 Å². The summed E-state index contributed by atoms with van der Waals surface area (Å²) in [5, 5.41) is 22.3. The van der Waals surface area contributed by atoms with Crippen LogP contribution in [0.2, 0.25) is 0 Å². The molecule has 0 aliphatic carbocycles. The third-order valence-electron chi connectivity index (χ3n) is 4.47. The lowest BCUT2D eigenvalue weighted by Gasteiger charge is -2.18. The molecule has 0 fully saturated rings. The fraction of sp³-hybridized carbons (Fsp3) is 0.174. The quantitative estimate of drug-likeness (QED) is 0.259. The molecule has 0 spiro atoms. The Bertz CT molecular complexity index is 946. The van der Waals surface area contributed by atoms with Crippen LogP contribution in [-0.4, -0.2) is 16.1 Å². The summed E-state index contributed by atoms with van der Waals surface area (Å²) in [7, 11) is 0. The Balaban J connectivity index is 2.34. The topological polar surface area (TPSA) is 78.8 Å². The molecule has 0 heterocycles. The van der Waals surface area contributed by atoms with Gasteiger partial charge >= 0.3 is 0 Å². The van der Waals surface area contributed by atoms with Crippen molar-refractivity contribution < 1.29 is 10.3 Å². The number of phenols is 1. The SMILES string of the molecule is CC(C)Cc1cc(C(N)=NO)c(-c2ccccc2)c(-c2ccc(O)cc2)c1. The van der Waals surface area contributed by atoms with E-state index in [0.29, 0.717) is 11.5 Å². The smallest absolute Gasteiger partial charge is 0.170 e. The van der Waals surface area contributed by atoms with Gasteiger partial charge in [0.25, 0.3) is 0 Å². The first kappa shape index (κ1) is 18.5. The van der Waals surface area contributed by atoms with Crippen LogP contribution in [0.4, 0.5) is 0 Å². The highest BCUT2D eigenvalue weighted by molar-refractivity contribution is 6.07. The van der Waals surface area contributed by atoms with Crippen molar-refractivity contribution in [2.75, 3.05) is 0 Å². The summed E-state index contributed by atoms with van der Waals surface area (Å²) in [5.74, 6) is 0.773. The first-order valence-electron chi connectivity index (χ1n) is 8.99. The lowest BCUT2D eigenvalue weighted by molar-refractivity contribution is 0.318. The zero-order valence-corrected chi connectivity index (χ0v) is 15.6. The van der Waals surface area contributed by atoms with E-state index in [1.807, 2.05) is 48.5 Å². The van der Waals surface area contributed by atoms with Crippen LogP contribution in [0.5, 0.6) is 5.75 Å². The molecule has 0 saturated heterocycles. The van der Waals surface area contributed by atoms with Gasteiger partial charge in [0.15, 0.2) is 5.84 Å². The van der Waals surface area contributed by atoms with Gasteiger partial charge in [-0.25, -0.2) is 0 Å². The van der Waals surface area contributed by atoms with Crippen molar-refractivity contribution in [1.82, 2.24) is 0 Å². The van der Waals surface area contributed by atoms with E-state index >= 15 is 0 Å². The standard InChI is InChI=1S/C23H24N2O2/c1-15(2)12-16-13-20(17-8-10-19(26)11-9-17)22(18-6-4-3-5-7-18)21(14-16)23(24)25-27/h3-11,13-15,26-27H,12H2,1-2H3,(H2,24,25). The highest BCUT2D eigenvalue weighted by Gasteiger charge is 2.18. The maximum atomic E-state index is 9.67. The average molecular weight is 360 g/mol. The predicted molar refractivity (Wildman–Crippen MR) is 110 cm³/mol. The molecule has 0 aliphatic rings. The number of benzene rings is 3. The van der Waals surface area contributed by atoms with Gasteiger partial charge in [0.1, 0.15) is 5.75 Å². The summed E-state index contributed by atoms with van der Waals surface area (Å²) < 4.78 is 0. The summed E-state index contributed by atoms with van der Waals surface area (Å²) in [6.45, 7) is 4.32. The van der Waals surface area contributed by atoms with Crippen molar-refractivity contribution >= 4 is 5.84 Å². The fourth-order valence-corrected chi connectivity index (χ4v) is 3.33. The number of nitrogens with zero attached hydrogens (tertiary/aromatic N) is 1. The number of phenolic OH excluding ortho intramolecular Hbond substituents is 1. The predicted octanol–water partition coefficient (Wildman–Crippen LogP) is 5.02. The molecule has 0 radical (unpaired) electrons. The maximum absolute atomic E-state index is 9.67. The second-order valence-corrected chi connectivity index (χ2v) is 7.06. The van der Waals surface area contributed by atoms with Crippen molar-refractivity contribution in [1.29, 1.82) is 0 Å². The Morgan fingerprint density at radius 3 is 2.22 bits per heavy atom. The first-order valence-corrected chi connectivity index (χ1v) is 8.99. The Kier molecular flexibility index (Phi) is 5.46. The molecular formula is C23H24N2O2. The second-order valence-electron chi connectivity index (χ2n) is 7.06. The lowest BCUT2D eigenvalue weighted by atomic mass is 9.86. The van der Waals surface area contributed by atoms with Crippen molar-refractivity contribution in [3.8, 4) is 28.0 Å². The molecule has 4 nitrogen and oxygen atoms in total.